The highest BCUT2D eigenvalue weighted by Crippen LogP contribution is 2.44. The molecule has 194 valence electrons. The van der Waals surface area contributed by atoms with Crippen LogP contribution < -0.4 is 4.90 Å². The summed E-state index contributed by atoms with van der Waals surface area (Å²) < 4.78 is 21.1. The van der Waals surface area contributed by atoms with Gasteiger partial charge in [-0.05, 0) is 38.1 Å². The summed E-state index contributed by atoms with van der Waals surface area (Å²) in [7, 11) is 0. The summed E-state index contributed by atoms with van der Waals surface area (Å²) >= 11 is 2.27. The highest BCUT2D eigenvalue weighted by atomic mass is 127. The molecule has 4 heterocycles. The van der Waals surface area contributed by atoms with Gasteiger partial charge in [0.2, 0.25) is 0 Å². The average Bonchev–Trinajstić information content (AvgIpc) is 3.60. The van der Waals surface area contributed by atoms with Crippen LogP contribution in [-0.2, 0) is 14.2 Å². The lowest BCUT2D eigenvalue weighted by molar-refractivity contribution is -0.193. The molecule has 4 aromatic rings. The Labute approximate surface area is 232 Å². The molecular weight excluding hydrogens is 601 g/mol. The minimum atomic E-state index is -0.751. The van der Waals surface area contributed by atoms with E-state index in [-0.39, 0.29) is 29.6 Å². The van der Waals surface area contributed by atoms with Crippen LogP contribution in [0.1, 0.15) is 40.8 Å². The molecule has 0 bridgehead atoms. The molecule has 4 atom stereocenters. The Morgan fingerprint density at radius 3 is 2.13 bits per heavy atom. The molecule has 2 amide bonds. The number of nitrogens with zero attached hydrogens (tertiary/aromatic N) is 5. The number of aromatic nitrogens is 4. The molecule has 0 spiro atoms. The van der Waals surface area contributed by atoms with Crippen molar-refractivity contribution in [2.75, 3.05) is 9.33 Å². The number of amides is 2. The minimum absolute atomic E-state index is 0.0837. The number of hydrogen-bond donors (Lipinski definition) is 0. The van der Waals surface area contributed by atoms with Crippen LogP contribution in [0.3, 0.4) is 0 Å². The number of fused-ring (bicyclic) bond motifs is 2. The lowest BCUT2D eigenvalue weighted by atomic mass is 10.1. The predicted molar refractivity (Wildman–Crippen MR) is 146 cm³/mol. The Hall–Kier alpha value is -3.26. The van der Waals surface area contributed by atoms with Gasteiger partial charge in [-0.3, -0.25) is 14.2 Å². The standard InChI is InChI=1S/C27H24IN5O5/c1-27(2)37-20-18(13-28)36-26(21(20)38-27)32-15-31-19-22(32)29-14-30-23(19)33(24(34)16-9-5-3-6-10-16)25(35)17-11-7-4-8-12-17/h3-12,14-15,18,20-21,26H,13H2,1-2H3/t18-,20-,21-,26-/m1/s1. The van der Waals surface area contributed by atoms with Crippen LogP contribution in [0.4, 0.5) is 5.82 Å². The Kier molecular flexibility index (Phi) is 6.46. The van der Waals surface area contributed by atoms with Crippen molar-refractivity contribution in [1.29, 1.82) is 0 Å². The van der Waals surface area contributed by atoms with Crippen molar-refractivity contribution in [3.8, 4) is 0 Å². The van der Waals surface area contributed by atoms with E-state index >= 15 is 0 Å². The van der Waals surface area contributed by atoms with E-state index in [2.05, 4.69) is 37.5 Å². The summed E-state index contributed by atoms with van der Waals surface area (Å²) in [6.45, 7) is 3.75. The normalized spacial score (nSPS) is 23.9. The van der Waals surface area contributed by atoms with Crippen LogP contribution in [0.2, 0.25) is 0 Å². The topological polar surface area (TPSA) is 109 Å². The van der Waals surface area contributed by atoms with Gasteiger partial charge in [-0.2, -0.15) is 0 Å². The van der Waals surface area contributed by atoms with Crippen molar-refractivity contribution in [3.05, 3.63) is 84.4 Å². The van der Waals surface area contributed by atoms with Gasteiger partial charge in [-0.15, -0.1) is 0 Å². The van der Waals surface area contributed by atoms with E-state index < -0.39 is 23.8 Å². The van der Waals surface area contributed by atoms with Crippen LogP contribution in [-0.4, -0.2) is 59.9 Å². The second kappa shape index (κ2) is 9.80. The fourth-order valence-electron chi connectivity index (χ4n) is 4.90. The second-order valence-electron chi connectivity index (χ2n) is 9.48. The van der Waals surface area contributed by atoms with Gasteiger partial charge in [-0.1, -0.05) is 59.0 Å². The first-order valence-electron chi connectivity index (χ1n) is 12.1. The van der Waals surface area contributed by atoms with Gasteiger partial charge in [0.1, 0.15) is 18.5 Å². The van der Waals surface area contributed by atoms with E-state index in [9.17, 15) is 9.59 Å². The zero-order valence-electron chi connectivity index (χ0n) is 20.6. The van der Waals surface area contributed by atoms with Crippen LogP contribution >= 0.6 is 22.6 Å². The predicted octanol–water partition coefficient (Wildman–Crippen LogP) is 4.17. The Bertz CT molecular complexity index is 1440. The van der Waals surface area contributed by atoms with Crippen molar-refractivity contribution >= 4 is 51.4 Å². The van der Waals surface area contributed by atoms with E-state index in [0.29, 0.717) is 21.2 Å². The van der Waals surface area contributed by atoms with Crippen LogP contribution in [0.15, 0.2) is 73.3 Å². The van der Waals surface area contributed by atoms with Crippen LogP contribution in [0.5, 0.6) is 0 Å². The molecule has 0 saturated carbocycles. The van der Waals surface area contributed by atoms with Crippen LogP contribution in [0, 0.1) is 0 Å². The molecule has 0 N–H and O–H groups in total. The van der Waals surface area contributed by atoms with Gasteiger partial charge in [0.05, 0.1) is 12.4 Å². The van der Waals surface area contributed by atoms with Gasteiger partial charge in [0.15, 0.2) is 29.0 Å². The quantitative estimate of drug-likeness (QED) is 0.185. The maximum atomic E-state index is 13.7. The molecule has 2 aromatic carbocycles. The summed E-state index contributed by atoms with van der Waals surface area (Å²) in [5, 5.41) is 0. The average molecular weight is 625 g/mol. The molecule has 10 nitrogen and oxygen atoms in total. The number of ether oxygens (including phenoxy) is 3. The van der Waals surface area contributed by atoms with E-state index in [1.54, 1.807) is 71.6 Å². The number of hydrogen-bond acceptors (Lipinski definition) is 8. The molecule has 2 aliphatic heterocycles. The van der Waals surface area contributed by atoms with Crippen molar-refractivity contribution in [2.24, 2.45) is 0 Å². The number of halogens is 1. The first-order valence-corrected chi connectivity index (χ1v) is 13.6. The molecule has 0 aliphatic carbocycles. The molecular formula is C27H24IN5O5. The second-order valence-corrected chi connectivity index (χ2v) is 10.4. The van der Waals surface area contributed by atoms with Gasteiger partial charge >= 0.3 is 0 Å². The third-order valence-electron chi connectivity index (χ3n) is 6.55. The number of alkyl halides is 1. The smallest absolute Gasteiger partial charge is 0.266 e. The lowest BCUT2D eigenvalue weighted by Gasteiger charge is -2.24. The SMILES string of the molecule is CC1(C)O[C@@H]2[C@H](O1)[C@@H](CI)O[C@H]2n1cnc2c(N(C(=O)c3ccccc3)C(=O)c3ccccc3)ncnc21. The van der Waals surface area contributed by atoms with Gasteiger partial charge in [-0.25, -0.2) is 19.9 Å². The fraction of sp³-hybridized carbons (Fsp3) is 0.296. The Morgan fingerprint density at radius 2 is 1.53 bits per heavy atom. The van der Waals surface area contributed by atoms with Gasteiger partial charge in [0, 0.05) is 15.6 Å². The van der Waals surface area contributed by atoms with Crippen molar-refractivity contribution < 1.29 is 23.8 Å². The summed E-state index contributed by atoms with van der Waals surface area (Å²) in [6, 6.07) is 17.2. The first kappa shape index (κ1) is 25.0. The van der Waals surface area contributed by atoms with Gasteiger partial charge < -0.3 is 14.2 Å². The van der Waals surface area contributed by atoms with E-state index in [1.807, 2.05) is 13.8 Å². The number of carbonyl (C=O) groups is 2. The van der Waals surface area contributed by atoms with Crippen molar-refractivity contribution in [1.82, 2.24) is 19.5 Å². The highest BCUT2D eigenvalue weighted by molar-refractivity contribution is 14.1. The van der Waals surface area contributed by atoms with E-state index in [0.717, 1.165) is 4.90 Å². The maximum Gasteiger partial charge on any atom is 0.266 e. The summed E-state index contributed by atoms with van der Waals surface area (Å²) in [6.07, 6.45) is 1.53. The van der Waals surface area contributed by atoms with Crippen molar-refractivity contribution in [3.63, 3.8) is 0 Å². The molecule has 38 heavy (non-hydrogen) atoms. The number of carbonyl (C=O) groups excluding carboxylic acids is 2. The molecule has 6 rings (SSSR count). The minimum Gasteiger partial charge on any atom is -0.348 e. The van der Waals surface area contributed by atoms with E-state index in [4.69, 9.17) is 14.2 Å². The zero-order chi connectivity index (χ0) is 26.4. The van der Waals surface area contributed by atoms with Crippen molar-refractivity contribution in [2.45, 2.75) is 44.2 Å². The lowest BCUT2D eigenvalue weighted by Crippen LogP contribution is -2.38. The fourth-order valence-corrected chi connectivity index (χ4v) is 5.61. The van der Waals surface area contributed by atoms with Crippen LogP contribution in [0.25, 0.3) is 11.2 Å². The Balaban J connectivity index is 1.45. The number of rotatable bonds is 5. The number of benzene rings is 2. The maximum absolute atomic E-state index is 13.7. The highest BCUT2D eigenvalue weighted by Gasteiger charge is 2.55. The Morgan fingerprint density at radius 1 is 0.921 bits per heavy atom. The third-order valence-corrected chi connectivity index (χ3v) is 7.42. The number of imide groups is 1. The third kappa shape index (κ3) is 4.28. The molecule has 2 fully saturated rings. The molecule has 0 radical (unpaired) electrons. The first-order chi connectivity index (χ1) is 18.4. The monoisotopic (exact) mass is 625 g/mol. The molecule has 2 aromatic heterocycles. The zero-order valence-corrected chi connectivity index (χ0v) is 22.8. The summed E-state index contributed by atoms with van der Waals surface area (Å²) in [5.74, 6) is -1.71. The molecule has 0 unspecified atom stereocenters. The largest absolute Gasteiger partial charge is 0.348 e. The summed E-state index contributed by atoms with van der Waals surface area (Å²) in [5.41, 5.74) is 1.38. The molecule has 11 heteroatoms. The summed E-state index contributed by atoms with van der Waals surface area (Å²) in [4.78, 5) is 41.9. The number of imidazole rings is 1. The number of anilines is 1. The van der Waals surface area contributed by atoms with E-state index in [1.165, 1.54) is 6.33 Å². The molecule has 2 saturated heterocycles. The molecule has 2 aliphatic rings. The van der Waals surface area contributed by atoms with Gasteiger partial charge in [0.25, 0.3) is 11.8 Å².